The molecule has 11 atom stereocenters. The highest BCUT2D eigenvalue weighted by Crippen LogP contribution is 2.74. The lowest BCUT2D eigenvalue weighted by atomic mass is 9.36. The maximum absolute atomic E-state index is 12.6. The number of ketones is 1. The molecule has 2 bridgehead atoms. The van der Waals surface area contributed by atoms with Crippen LogP contribution in [0.25, 0.3) is 0 Å². The number of hydrogen-bond donors (Lipinski definition) is 5. The number of ether oxygens (including phenoxy) is 2. The third-order valence-corrected chi connectivity index (χ3v) is 8.88. The van der Waals surface area contributed by atoms with Crippen molar-refractivity contribution in [2.45, 2.75) is 63.0 Å². The van der Waals surface area contributed by atoms with E-state index >= 15 is 0 Å². The van der Waals surface area contributed by atoms with Gasteiger partial charge in [-0.25, -0.2) is 4.79 Å². The largest absolute Gasteiger partial charge is 0.460 e. The topological polar surface area (TPSA) is 154 Å². The number of hydrogen-bond acceptors (Lipinski definition) is 9. The number of allylic oxidation sites excluding steroid dienone is 1. The molecule has 0 unspecified atom stereocenters. The van der Waals surface area contributed by atoms with Crippen LogP contribution in [0.15, 0.2) is 11.6 Å². The van der Waals surface area contributed by atoms with Crippen molar-refractivity contribution in [1.29, 1.82) is 0 Å². The molecule has 9 heteroatoms. The Morgan fingerprint density at radius 3 is 2.45 bits per heavy atom. The molecule has 5 N–H and O–H groups in total. The molecule has 0 radical (unpaired) electrons. The lowest BCUT2D eigenvalue weighted by Gasteiger charge is -2.70. The van der Waals surface area contributed by atoms with Crippen molar-refractivity contribution in [3.63, 3.8) is 0 Å². The van der Waals surface area contributed by atoms with Gasteiger partial charge in [0.25, 0.3) is 0 Å². The minimum atomic E-state index is -2.19. The molecule has 0 aromatic carbocycles. The molecule has 0 amide bonds. The monoisotopic (exact) mass is 410 g/mol. The lowest BCUT2D eigenvalue weighted by Crippen LogP contribution is -2.84. The predicted molar refractivity (Wildman–Crippen MR) is 93.8 cm³/mol. The molecule has 2 saturated heterocycles. The van der Waals surface area contributed by atoms with E-state index in [0.29, 0.717) is 5.57 Å². The van der Waals surface area contributed by atoms with Crippen LogP contribution in [0.5, 0.6) is 0 Å². The van der Waals surface area contributed by atoms with Crippen molar-refractivity contribution in [2.24, 2.45) is 28.6 Å². The summed E-state index contributed by atoms with van der Waals surface area (Å²) in [5.74, 6) is -6.52. The summed E-state index contributed by atoms with van der Waals surface area (Å²) < 4.78 is 11.2. The van der Waals surface area contributed by atoms with Gasteiger partial charge in [-0.3, -0.25) is 4.79 Å². The minimum Gasteiger partial charge on any atom is -0.460 e. The van der Waals surface area contributed by atoms with E-state index < -0.39 is 76.1 Å². The van der Waals surface area contributed by atoms with E-state index in [9.17, 15) is 35.1 Å². The van der Waals surface area contributed by atoms with Gasteiger partial charge in [0.15, 0.2) is 17.7 Å². The maximum atomic E-state index is 12.6. The molecular formula is C20H26O9. The highest BCUT2D eigenvalue weighted by atomic mass is 16.7. The number of esters is 1. The van der Waals surface area contributed by atoms with Crippen molar-refractivity contribution >= 4 is 11.8 Å². The highest BCUT2D eigenvalue weighted by molar-refractivity contribution is 5.96. The van der Waals surface area contributed by atoms with E-state index in [0.717, 1.165) is 0 Å². The number of fused-ring (bicyclic) bond motifs is 1. The van der Waals surface area contributed by atoms with Crippen molar-refractivity contribution < 1.29 is 44.6 Å². The Morgan fingerprint density at radius 2 is 1.79 bits per heavy atom. The van der Waals surface area contributed by atoms with Crippen molar-refractivity contribution in [1.82, 2.24) is 0 Å². The summed E-state index contributed by atoms with van der Waals surface area (Å²) in [6.45, 7) is 4.49. The van der Waals surface area contributed by atoms with Gasteiger partial charge in [0.2, 0.25) is 0 Å². The molecule has 9 nitrogen and oxygen atoms in total. The maximum Gasteiger partial charge on any atom is 0.338 e. The smallest absolute Gasteiger partial charge is 0.338 e. The Balaban J connectivity index is 1.84. The predicted octanol–water partition coefficient (Wildman–Crippen LogP) is -1.75. The van der Waals surface area contributed by atoms with Crippen molar-refractivity contribution in [3.05, 3.63) is 11.6 Å². The average Bonchev–Trinajstić information content (AvgIpc) is 2.98. The summed E-state index contributed by atoms with van der Waals surface area (Å²) in [4.78, 5) is 25.0. The van der Waals surface area contributed by atoms with Crippen LogP contribution in [-0.2, 0) is 19.1 Å². The molecule has 1 spiro atoms. The van der Waals surface area contributed by atoms with E-state index in [4.69, 9.17) is 9.47 Å². The summed E-state index contributed by atoms with van der Waals surface area (Å²) in [6, 6.07) is 0. The number of carbonyl (C=O) groups excluding carboxylic acids is 2. The summed E-state index contributed by atoms with van der Waals surface area (Å²) in [5.41, 5.74) is -4.35. The molecule has 160 valence electrons. The van der Waals surface area contributed by atoms with Gasteiger partial charge < -0.3 is 35.0 Å². The van der Waals surface area contributed by atoms with Crippen LogP contribution >= 0.6 is 0 Å². The van der Waals surface area contributed by atoms with Gasteiger partial charge >= 0.3 is 5.97 Å². The van der Waals surface area contributed by atoms with Crippen LogP contribution in [0.4, 0.5) is 0 Å². The summed E-state index contributed by atoms with van der Waals surface area (Å²) in [5, 5.41) is 56.0. The fourth-order valence-corrected chi connectivity index (χ4v) is 7.59. The van der Waals surface area contributed by atoms with Gasteiger partial charge in [0, 0.05) is 17.3 Å². The SMILES string of the molecule is CC1=CC(=O)[C@@H](O)[C@]2(C)[C@H]3[C@]4(O)OC[C@@]35[C@@H](C[C@@H]12)OC(=O)[C@H](O)[C@]5(O)[C@@H](C)[C@H]4O. The number of aliphatic hydroxyl groups excluding tert-OH is 3. The molecule has 0 aromatic heterocycles. The molecule has 4 fully saturated rings. The standard InChI is InChI=1S/C20H26O9/c1-7-4-10(21)13(23)17(3)9(7)5-11-18-6-28-20(27,16(17)18)12(22)8(2)19(18,26)14(24)15(25)29-11/h4,8-9,11-14,16,22-24,26-27H,5-6H2,1-3H3/t8-,9-,11+,12+,13+,14-,16+,17+,18+,19+,20+/m0/s1. The van der Waals surface area contributed by atoms with Crippen LogP contribution in [0.1, 0.15) is 27.2 Å². The molecule has 3 aliphatic carbocycles. The Kier molecular flexibility index (Phi) is 3.56. The molecule has 29 heavy (non-hydrogen) atoms. The third kappa shape index (κ3) is 1.73. The molecule has 2 aliphatic heterocycles. The van der Waals surface area contributed by atoms with E-state index in [2.05, 4.69) is 0 Å². The number of rotatable bonds is 0. The van der Waals surface area contributed by atoms with Gasteiger partial charge in [-0.1, -0.05) is 19.4 Å². The highest BCUT2D eigenvalue weighted by Gasteiger charge is 2.87. The number of carbonyl (C=O) groups is 2. The van der Waals surface area contributed by atoms with E-state index in [1.165, 1.54) is 13.0 Å². The zero-order chi connectivity index (χ0) is 21.3. The molecule has 2 heterocycles. The summed E-state index contributed by atoms with van der Waals surface area (Å²) in [7, 11) is 0. The second-order valence-corrected chi connectivity index (χ2v) is 9.75. The van der Waals surface area contributed by atoms with E-state index in [1.54, 1.807) is 13.8 Å². The average molecular weight is 410 g/mol. The first-order chi connectivity index (χ1) is 13.4. The van der Waals surface area contributed by atoms with E-state index in [1.807, 2.05) is 0 Å². The molecule has 5 aliphatic rings. The van der Waals surface area contributed by atoms with Crippen LogP contribution in [-0.4, -0.2) is 79.7 Å². The Morgan fingerprint density at radius 1 is 1.14 bits per heavy atom. The fourth-order valence-electron chi connectivity index (χ4n) is 7.59. The van der Waals surface area contributed by atoms with Gasteiger partial charge in [-0.15, -0.1) is 0 Å². The lowest BCUT2D eigenvalue weighted by molar-refractivity contribution is -0.375. The second-order valence-electron chi connectivity index (χ2n) is 9.75. The van der Waals surface area contributed by atoms with Crippen LogP contribution in [0, 0.1) is 28.6 Å². The number of aliphatic hydroxyl groups is 5. The Hall–Kier alpha value is -1.36. The molecular weight excluding hydrogens is 384 g/mol. The Bertz CT molecular complexity index is 855. The van der Waals surface area contributed by atoms with Crippen LogP contribution in [0.2, 0.25) is 0 Å². The van der Waals surface area contributed by atoms with E-state index in [-0.39, 0.29) is 13.0 Å². The third-order valence-electron chi connectivity index (χ3n) is 8.88. The zero-order valence-electron chi connectivity index (χ0n) is 16.4. The first-order valence-electron chi connectivity index (χ1n) is 9.93. The molecule has 2 saturated carbocycles. The zero-order valence-corrected chi connectivity index (χ0v) is 16.4. The first-order valence-corrected chi connectivity index (χ1v) is 9.93. The fraction of sp³-hybridized carbons (Fsp3) is 0.800. The summed E-state index contributed by atoms with van der Waals surface area (Å²) >= 11 is 0. The van der Waals surface area contributed by atoms with Gasteiger partial charge in [0.05, 0.1) is 12.0 Å². The molecule has 5 rings (SSSR count). The normalized spacial score (nSPS) is 60.8. The second kappa shape index (κ2) is 5.27. The Labute approximate surface area is 166 Å². The van der Waals surface area contributed by atoms with Crippen molar-refractivity contribution in [2.75, 3.05) is 6.61 Å². The molecule has 0 aromatic rings. The van der Waals surface area contributed by atoms with Gasteiger partial charge in [0.1, 0.15) is 23.9 Å². The van der Waals surface area contributed by atoms with Crippen molar-refractivity contribution in [3.8, 4) is 0 Å². The first kappa shape index (κ1) is 19.6. The summed E-state index contributed by atoms with van der Waals surface area (Å²) in [6.07, 6.45) is -4.56. The minimum absolute atomic E-state index is 0.183. The quantitative estimate of drug-likeness (QED) is 0.293. The van der Waals surface area contributed by atoms with Gasteiger partial charge in [-0.05, 0) is 25.3 Å². The van der Waals surface area contributed by atoms with Crippen LogP contribution in [0.3, 0.4) is 0 Å². The van der Waals surface area contributed by atoms with Crippen LogP contribution < -0.4 is 0 Å². The van der Waals surface area contributed by atoms with Gasteiger partial charge in [-0.2, -0.15) is 0 Å².